The van der Waals surface area contributed by atoms with Crippen molar-refractivity contribution in [1.29, 1.82) is 0 Å². The highest BCUT2D eigenvalue weighted by Gasteiger charge is 2.24. The molecule has 18 heavy (non-hydrogen) atoms. The minimum absolute atomic E-state index is 0.658. The molecule has 96 valence electrons. The standard InChI is InChI=1S/C14H18IN3/c1-9-3-2-4-10(9)8-18-13-6-5-11(15)7-12(13)17-14(18)16/h5-7,9-10H,2-4,8H2,1H3,(H2,16,17). The molecule has 1 aromatic heterocycles. The highest BCUT2D eigenvalue weighted by atomic mass is 127. The second kappa shape index (κ2) is 4.72. The third-order valence-corrected chi connectivity index (χ3v) is 4.87. The van der Waals surface area contributed by atoms with Gasteiger partial charge in [-0.2, -0.15) is 0 Å². The van der Waals surface area contributed by atoms with Gasteiger partial charge >= 0.3 is 0 Å². The van der Waals surface area contributed by atoms with Gasteiger partial charge in [0.2, 0.25) is 5.95 Å². The fourth-order valence-corrected chi connectivity index (χ4v) is 3.52. The third kappa shape index (κ3) is 2.11. The van der Waals surface area contributed by atoms with Gasteiger partial charge in [0.25, 0.3) is 0 Å². The number of halogens is 1. The van der Waals surface area contributed by atoms with E-state index in [1.54, 1.807) is 0 Å². The van der Waals surface area contributed by atoms with Crippen LogP contribution in [0.25, 0.3) is 11.0 Å². The lowest BCUT2D eigenvalue weighted by Gasteiger charge is -2.17. The van der Waals surface area contributed by atoms with E-state index >= 15 is 0 Å². The Morgan fingerprint density at radius 3 is 3.00 bits per heavy atom. The summed E-state index contributed by atoms with van der Waals surface area (Å²) in [6.45, 7) is 3.38. The predicted molar refractivity (Wildman–Crippen MR) is 83.4 cm³/mol. The number of anilines is 1. The van der Waals surface area contributed by atoms with Crippen LogP contribution in [0.3, 0.4) is 0 Å². The van der Waals surface area contributed by atoms with Gasteiger partial charge in [-0.05, 0) is 59.0 Å². The Hall–Kier alpha value is -0.780. The lowest BCUT2D eigenvalue weighted by Crippen LogP contribution is -2.14. The van der Waals surface area contributed by atoms with E-state index in [9.17, 15) is 0 Å². The normalized spacial score (nSPS) is 23.9. The van der Waals surface area contributed by atoms with E-state index in [-0.39, 0.29) is 0 Å². The summed E-state index contributed by atoms with van der Waals surface area (Å²) in [5, 5.41) is 0. The van der Waals surface area contributed by atoms with Crippen molar-refractivity contribution in [2.75, 3.05) is 5.73 Å². The van der Waals surface area contributed by atoms with Gasteiger partial charge in [0.15, 0.2) is 0 Å². The fourth-order valence-electron chi connectivity index (χ4n) is 3.04. The summed E-state index contributed by atoms with van der Waals surface area (Å²) < 4.78 is 3.40. The van der Waals surface area contributed by atoms with Crippen LogP contribution in [0.1, 0.15) is 26.2 Å². The monoisotopic (exact) mass is 355 g/mol. The van der Waals surface area contributed by atoms with Crippen LogP contribution in [-0.2, 0) is 6.54 Å². The molecule has 0 saturated heterocycles. The Morgan fingerprint density at radius 1 is 1.44 bits per heavy atom. The van der Waals surface area contributed by atoms with E-state index in [2.05, 4.69) is 57.3 Å². The van der Waals surface area contributed by atoms with Crippen molar-refractivity contribution < 1.29 is 0 Å². The number of imidazole rings is 1. The first-order valence-corrected chi connectivity index (χ1v) is 7.64. The third-order valence-electron chi connectivity index (χ3n) is 4.20. The van der Waals surface area contributed by atoms with Crippen molar-refractivity contribution in [3.63, 3.8) is 0 Å². The van der Waals surface area contributed by atoms with Crippen molar-refractivity contribution in [3.8, 4) is 0 Å². The maximum Gasteiger partial charge on any atom is 0.201 e. The van der Waals surface area contributed by atoms with Crippen LogP contribution in [-0.4, -0.2) is 9.55 Å². The number of aromatic nitrogens is 2. The Kier molecular flexibility index (Phi) is 3.21. The van der Waals surface area contributed by atoms with Crippen molar-refractivity contribution in [2.45, 2.75) is 32.7 Å². The number of rotatable bonds is 2. The van der Waals surface area contributed by atoms with Crippen molar-refractivity contribution >= 4 is 39.6 Å². The molecule has 1 aliphatic rings. The van der Waals surface area contributed by atoms with Crippen molar-refractivity contribution in [3.05, 3.63) is 21.8 Å². The molecule has 4 heteroatoms. The summed E-state index contributed by atoms with van der Waals surface area (Å²) in [5.74, 6) is 2.22. The molecule has 2 N–H and O–H groups in total. The molecule has 3 nitrogen and oxygen atoms in total. The van der Waals surface area contributed by atoms with Gasteiger partial charge in [-0.3, -0.25) is 0 Å². The average Bonchev–Trinajstić information content (AvgIpc) is 2.85. The fraction of sp³-hybridized carbons (Fsp3) is 0.500. The zero-order valence-electron chi connectivity index (χ0n) is 10.6. The number of nitrogens with two attached hydrogens (primary N) is 1. The highest BCUT2D eigenvalue weighted by Crippen LogP contribution is 2.34. The van der Waals surface area contributed by atoms with Crippen LogP contribution in [0.4, 0.5) is 5.95 Å². The van der Waals surface area contributed by atoms with Crippen molar-refractivity contribution in [2.24, 2.45) is 11.8 Å². The van der Waals surface area contributed by atoms with E-state index < -0.39 is 0 Å². The summed E-state index contributed by atoms with van der Waals surface area (Å²) in [4.78, 5) is 4.48. The van der Waals surface area contributed by atoms with Crippen LogP contribution >= 0.6 is 22.6 Å². The number of hydrogen-bond acceptors (Lipinski definition) is 2. The van der Waals surface area contributed by atoms with Crippen LogP contribution < -0.4 is 5.73 Å². The molecule has 1 heterocycles. The topological polar surface area (TPSA) is 43.8 Å². The van der Waals surface area contributed by atoms with Gasteiger partial charge in [-0.25, -0.2) is 4.98 Å². The summed E-state index contributed by atoms with van der Waals surface area (Å²) in [7, 11) is 0. The summed E-state index contributed by atoms with van der Waals surface area (Å²) >= 11 is 2.31. The zero-order chi connectivity index (χ0) is 12.7. The molecule has 1 fully saturated rings. The average molecular weight is 355 g/mol. The summed E-state index contributed by atoms with van der Waals surface area (Å²) in [6.07, 6.45) is 4.04. The van der Waals surface area contributed by atoms with Crippen LogP contribution in [0.2, 0.25) is 0 Å². The second-order valence-corrected chi connectivity index (χ2v) is 6.63. The molecule has 2 unspecified atom stereocenters. The maximum absolute atomic E-state index is 6.08. The number of nitrogen functional groups attached to an aromatic ring is 1. The van der Waals surface area contributed by atoms with E-state index in [4.69, 9.17) is 5.73 Å². The van der Waals surface area contributed by atoms with Gasteiger partial charge in [-0.1, -0.05) is 19.8 Å². The Labute approximate surface area is 121 Å². The van der Waals surface area contributed by atoms with Crippen LogP contribution in [0.15, 0.2) is 18.2 Å². The summed E-state index contributed by atoms with van der Waals surface area (Å²) in [5.41, 5.74) is 8.27. The zero-order valence-corrected chi connectivity index (χ0v) is 12.7. The maximum atomic E-state index is 6.08. The molecule has 2 atom stereocenters. The highest BCUT2D eigenvalue weighted by molar-refractivity contribution is 14.1. The first-order chi connectivity index (χ1) is 8.65. The molecule has 1 saturated carbocycles. The SMILES string of the molecule is CC1CCCC1Cn1c(N)nc2cc(I)ccc21. The molecule has 0 spiro atoms. The van der Waals surface area contributed by atoms with Crippen LogP contribution in [0, 0.1) is 15.4 Å². The van der Waals surface area contributed by atoms with E-state index in [1.165, 1.54) is 28.3 Å². The molecule has 2 aromatic rings. The smallest absolute Gasteiger partial charge is 0.201 e. The molecular weight excluding hydrogens is 337 g/mol. The molecule has 0 bridgehead atoms. The minimum atomic E-state index is 0.658. The van der Waals surface area contributed by atoms with E-state index in [0.717, 1.165) is 23.9 Å². The molecule has 1 aromatic carbocycles. The predicted octanol–water partition coefficient (Wildman–Crippen LogP) is 3.66. The first kappa shape index (κ1) is 12.3. The first-order valence-electron chi connectivity index (χ1n) is 6.56. The number of fused-ring (bicyclic) bond motifs is 1. The molecule has 0 amide bonds. The van der Waals surface area contributed by atoms with E-state index in [1.807, 2.05) is 0 Å². The van der Waals surface area contributed by atoms with Gasteiger partial charge in [0.1, 0.15) is 0 Å². The Bertz CT molecular complexity index is 576. The van der Waals surface area contributed by atoms with Gasteiger partial charge in [-0.15, -0.1) is 0 Å². The van der Waals surface area contributed by atoms with Crippen LogP contribution in [0.5, 0.6) is 0 Å². The Balaban J connectivity index is 1.98. The molecule has 0 radical (unpaired) electrons. The van der Waals surface area contributed by atoms with Crippen molar-refractivity contribution in [1.82, 2.24) is 9.55 Å². The van der Waals surface area contributed by atoms with Gasteiger partial charge in [0.05, 0.1) is 11.0 Å². The molecule has 1 aliphatic carbocycles. The van der Waals surface area contributed by atoms with Gasteiger partial charge < -0.3 is 10.3 Å². The summed E-state index contributed by atoms with van der Waals surface area (Å²) in [6, 6.07) is 6.36. The minimum Gasteiger partial charge on any atom is -0.369 e. The quantitative estimate of drug-likeness (QED) is 0.836. The molecule has 0 aliphatic heterocycles. The number of hydrogen-bond donors (Lipinski definition) is 1. The van der Waals surface area contributed by atoms with E-state index in [0.29, 0.717) is 5.95 Å². The Morgan fingerprint density at radius 2 is 2.28 bits per heavy atom. The van der Waals surface area contributed by atoms with Gasteiger partial charge in [0, 0.05) is 10.1 Å². The number of benzene rings is 1. The largest absolute Gasteiger partial charge is 0.369 e. The lowest BCUT2D eigenvalue weighted by molar-refractivity contribution is 0.370. The second-order valence-electron chi connectivity index (χ2n) is 5.38. The molecular formula is C14H18IN3. The lowest BCUT2D eigenvalue weighted by atomic mass is 9.98. The number of nitrogens with zero attached hydrogens (tertiary/aromatic N) is 2. The molecule has 3 rings (SSSR count).